The number of benzene rings is 2. The number of rotatable bonds is 14. The van der Waals surface area contributed by atoms with Crippen LogP contribution in [0.4, 0.5) is 0 Å². The molecule has 0 aliphatic carbocycles. The monoisotopic (exact) mass is 591 g/mol. The van der Waals surface area contributed by atoms with Crippen molar-refractivity contribution in [1.82, 2.24) is 14.8 Å². The molecule has 9 nitrogen and oxygen atoms in total. The van der Waals surface area contributed by atoms with Crippen LogP contribution in [0.25, 0.3) is 10.9 Å². The van der Waals surface area contributed by atoms with E-state index in [0.717, 1.165) is 32.1 Å². The highest BCUT2D eigenvalue weighted by molar-refractivity contribution is 6.07. The smallest absolute Gasteiger partial charge is 0.308 e. The van der Waals surface area contributed by atoms with Crippen LogP contribution >= 0.6 is 0 Å². The number of likely N-dealkylation sites (N-methyl/N-ethyl adjacent to an activating group) is 1. The lowest BCUT2D eigenvalue weighted by molar-refractivity contribution is -0.141. The maximum absolute atomic E-state index is 14.6. The van der Waals surface area contributed by atoms with E-state index in [0.29, 0.717) is 52.9 Å². The van der Waals surface area contributed by atoms with E-state index in [1.54, 1.807) is 73.0 Å². The first-order chi connectivity index (χ1) is 20.5. The van der Waals surface area contributed by atoms with Gasteiger partial charge in [0.2, 0.25) is 5.91 Å². The van der Waals surface area contributed by atoms with E-state index in [4.69, 9.17) is 9.47 Å². The molecule has 9 heteroatoms. The van der Waals surface area contributed by atoms with Crippen LogP contribution in [0, 0.1) is 6.92 Å². The van der Waals surface area contributed by atoms with Gasteiger partial charge in [-0.05, 0) is 62.2 Å². The van der Waals surface area contributed by atoms with Crippen molar-refractivity contribution in [3.8, 4) is 11.5 Å². The van der Waals surface area contributed by atoms with E-state index >= 15 is 0 Å². The van der Waals surface area contributed by atoms with Crippen molar-refractivity contribution in [1.29, 1.82) is 0 Å². The molecule has 0 radical (unpaired) electrons. The Hall–Kier alpha value is -4.14. The highest BCUT2D eigenvalue weighted by Gasteiger charge is 2.46. The Morgan fingerprint density at radius 1 is 0.907 bits per heavy atom. The number of aromatic nitrogens is 1. The summed E-state index contributed by atoms with van der Waals surface area (Å²) in [5.41, 5.74) is 0.563. The van der Waals surface area contributed by atoms with Gasteiger partial charge in [-0.1, -0.05) is 46.0 Å². The molecular weight excluding hydrogens is 546 g/mol. The Morgan fingerprint density at radius 2 is 1.56 bits per heavy atom. The summed E-state index contributed by atoms with van der Waals surface area (Å²) in [6, 6.07) is 11.8. The Kier molecular flexibility index (Phi) is 11.5. The van der Waals surface area contributed by atoms with E-state index < -0.39 is 11.5 Å². The second-order valence-electron chi connectivity index (χ2n) is 11.1. The topological polar surface area (TPSA) is 107 Å². The molecule has 0 bridgehead atoms. The van der Waals surface area contributed by atoms with Crippen molar-refractivity contribution in [2.75, 3.05) is 20.7 Å². The van der Waals surface area contributed by atoms with Crippen molar-refractivity contribution in [2.45, 2.75) is 85.1 Å². The summed E-state index contributed by atoms with van der Waals surface area (Å²) in [5, 5.41) is 3.62. The van der Waals surface area contributed by atoms with Crippen LogP contribution in [0.2, 0.25) is 0 Å². The molecule has 1 aromatic heterocycles. The molecule has 2 amide bonds. The summed E-state index contributed by atoms with van der Waals surface area (Å²) in [4.78, 5) is 55.1. The normalized spacial score (nSPS) is 12.4. The van der Waals surface area contributed by atoms with E-state index in [-0.39, 0.29) is 23.5 Å². The fourth-order valence-corrected chi connectivity index (χ4v) is 5.75. The molecule has 232 valence electrons. The van der Waals surface area contributed by atoms with Crippen molar-refractivity contribution in [3.05, 3.63) is 59.3 Å². The molecule has 0 spiro atoms. The number of nitrogens with one attached hydrogen (secondary N) is 1. The third-order valence-electron chi connectivity index (χ3n) is 7.76. The van der Waals surface area contributed by atoms with E-state index in [9.17, 15) is 19.2 Å². The molecule has 1 heterocycles. The highest BCUT2D eigenvalue weighted by atomic mass is 16.5. The van der Waals surface area contributed by atoms with Crippen LogP contribution < -0.4 is 14.8 Å². The SMILES string of the molecule is CCCCCCC(NC(C)=O)(C(=O)N(C)CCCC)c1c(C)n(C(=O)c2ccc(OC)cc2)c2ccc(OC(C)=O)cc12. The maximum atomic E-state index is 14.6. The number of carbonyl (C=O) groups excluding carboxylic acids is 4. The summed E-state index contributed by atoms with van der Waals surface area (Å²) >= 11 is 0. The summed E-state index contributed by atoms with van der Waals surface area (Å²) < 4.78 is 12.3. The third kappa shape index (κ3) is 7.45. The van der Waals surface area contributed by atoms with Crippen LogP contribution in [-0.2, 0) is 19.9 Å². The molecule has 0 aliphatic rings. The van der Waals surface area contributed by atoms with Gasteiger partial charge in [0.05, 0.1) is 12.6 Å². The average molecular weight is 592 g/mol. The minimum Gasteiger partial charge on any atom is -0.497 e. The molecule has 0 saturated heterocycles. The molecule has 2 aromatic carbocycles. The summed E-state index contributed by atoms with van der Waals surface area (Å²) in [5.74, 6) is -0.490. The number of hydrogen-bond donors (Lipinski definition) is 1. The Balaban J connectivity index is 2.39. The van der Waals surface area contributed by atoms with Crippen LogP contribution in [0.3, 0.4) is 0 Å². The zero-order valence-electron chi connectivity index (χ0n) is 26.5. The van der Waals surface area contributed by atoms with Gasteiger partial charge in [-0.25, -0.2) is 0 Å². The predicted octanol–water partition coefficient (Wildman–Crippen LogP) is 6.13. The molecule has 43 heavy (non-hydrogen) atoms. The second-order valence-corrected chi connectivity index (χ2v) is 11.1. The minimum atomic E-state index is -1.45. The Labute approximate surface area is 254 Å². The molecule has 1 atom stereocenters. The summed E-state index contributed by atoms with van der Waals surface area (Å²) in [6.45, 7) is 9.21. The van der Waals surface area contributed by atoms with Crippen LogP contribution in [-0.4, -0.2) is 53.9 Å². The van der Waals surface area contributed by atoms with Crippen molar-refractivity contribution in [3.63, 3.8) is 0 Å². The van der Waals surface area contributed by atoms with Crippen LogP contribution in [0.15, 0.2) is 42.5 Å². The summed E-state index contributed by atoms with van der Waals surface area (Å²) in [6.07, 6.45) is 5.62. The zero-order chi connectivity index (χ0) is 31.7. The largest absolute Gasteiger partial charge is 0.497 e. The van der Waals surface area contributed by atoms with E-state index in [2.05, 4.69) is 19.2 Å². The number of nitrogens with zero attached hydrogens (tertiary/aromatic N) is 2. The lowest BCUT2D eigenvalue weighted by atomic mass is 9.81. The van der Waals surface area contributed by atoms with Gasteiger partial charge in [0.1, 0.15) is 17.0 Å². The fraction of sp³-hybridized carbons (Fsp3) is 0.471. The number of hydrogen-bond acceptors (Lipinski definition) is 6. The molecule has 1 unspecified atom stereocenters. The van der Waals surface area contributed by atoms with Gasteiger partial charge in [-0.2, -0.15) is 0 Å². The number of methoxy groups -OCH3 is 1. The summed E-state index contributed by atoms with van der Waals surface area (Å²) in [7, 11) is 3.31. The number of ether oxygens (including phenoxy) is 2. The van der Waals surface area contributed by atoms with Crippen LogP contribution in [0.1, 0.15) is 94.3 Å². The number of unbranched alkanes of at least 4 members (excludes halogenated alkanes) is 4. The molecule has 3 rings (SSSR count). The van der Waals surface area contributed by atoms with Gasteiger partial charge in [-0.3, -0.25) is 23.7 Å². The third-order valence-corrected chi connectivity index (χ3v) is 7.76. The van der Waals surface area contributed by atoms with Gasteiger partial charge >= 0.3 is 5.97 Å². The number of carbonyl (C=O) groups is 4. The molecule has 1 N–H and O–H groups in total. The molecule has 0 saturated carbocycles. The van der Waals surface area contributed by atoms with Crippen LogP contribution in [0.5, 0.6) is 11.5 Å². The van der Waals surface area contributed by atoms with Crippen molar-refractivity contribution in [2.24, 2.45) is 0 Å². The maximum Gasteiger partial charge on any atom is 0.308 e. The first-order valence-corrected chi connectivity index (χ1v) is 15.1. The number of fused-ring (bicyclic) bond motifs is 1. The highest BCUT2D eigenvalue weighted by Crippen LogP contribution is 2.41. The van der Waals surface area contributed by atoms with Gasteiger partial charge < -0.3 is 19.7 Å². The lowest BCUT2D eigenvalue weighted by Crippen LogP contribution is -2.56. The molecule has 0 aliphatic heterocycles. The van der Waals surface area contributed by atoms with Gasteiger partial charge in [0.15, 0.2) is 0 Å². The number of amides is 2. The van der Waals surface area contributed by atoms with Crippen molar-refractivity contribution < 1.29 is 28.7 Å². The van der Waals surface area contributed by atoms with Gasteiger partial charge in [0, 0.05) is 49.6 Å². The fourth-order valence-electron chi connectivity index (χ4n) is 5.75. The number of esters is 1. The van der Waals surface area contributed by atoms with Gasteiger partial charge in [0.25, 0.3) is 11.8 Å². The Bertz CT molecular complexity index is 1460. The lowest BCUT2D eigenvalue weighted by Gasteiger charge is -2.37. The first kappa shape index (κ1) is 33.4. The average Bonchev–Trinajstić information content (AvgIpc) is 3.27. The first-order valence-electron chi connectivity index (χ1n) is 15.1. The second kappa shape index (κ2) is 14.8. The molecule has 0 fully saturated rings. The Morgan fingerprint density at radius 3 is 2.14 bits per heavy atom. The van der Waals surface area contributed by atoms with Crippen molar-refractivity contribution >= 4 is 34.6 Å². The zero-order valence-corrected chi connectivity index (χ0v) is 26.5. The standard InChI is InChI=1S/C34H45N3O6/c1-8-10-12-13-20-34(35-24(4)38,33(41)36(6)21-11-9-2)31-23(3)37(32(40)26-14-16-27(42-7)17-15-26)30-19-18-28(22-29(30)31)43-25(5)39/h14-19,22H,8-13,20-21H2,1-7H3,(H,35,38). The molecular formula is C34H45N3O6. The quantitative estimate of drug-likeness (QED) is 0.137. The van der Waals surface area contributed by atoms with E-state index in [1.165, 1.54) is 13.8 Å². The van der Waals surface area contributed by atoms with Gasteiger partial charge in [-0.15, -0.1) is 0 Å². The molecule has 3 aromatic rings. The van der Waals surface area contributed by atoms with E-state index in [1.807, 2.05) is 0 Å². The minimum absolute atomic E-state index is 0.246. The predicted molar refractivity (Wildman–Crippen MR) is 168 cm³/mol.